The fraction of sp³-hybridized carbons (Fsp3) is 0.556. The number of rotatable bonds is 5. The molecule has 2 heterocycles. The minimum Gasteiger partial charge on any atom is -0.465 e. The van der Waals surface area contributed by atoms with Crippen LogP contribution in [0.4, 0.5) is 4.79 Å². The van der Waals surface area contributed by atoms with Crippen LogP contribution in [0.1, 0.15) is 31.2 Å². The van der Waals surface area contributed by atoms with Crippen molar-refractivity contribution < 1.29 is 27.3 Å². The molecule has 8 nitrogen and oxygen atoms in total. The summed E-state index contributed by atoms with van der Waals surface area (Å²) in [5.41, 5.74) is 0.411. The molecule has 148 valence electrons. The molecule has 0 aromatic heterocycles. The van der Waals surface area contributed by atoms with Crippen molar-refractivity contribution in [3.63, 3.8) is 0 Å². The normalized spacial score (nSPS) is 22.0. The second-order valence-electron chi connectivity index (χ2n) is 7.30. The van der Waals surface area contributed by atoms with Crippen LogP contribution in [0.3, 0.4) is 0 Å². The minimum atomic E-state index is -3.82. The molecular formula is C18H24N2O6S. The molecule has 0 bridgehead atoms. The lowest BCUT2D eigenvalue weighted by Crippen LogP contribution is -2.45. The van der Waals surface area contributed by atoms with Crippen LogP contribution < -0.4 is 5.32 Å². The number of hydrogen-bond acceptors (Lipinski definition) is 5. The Bertz CT molecular complexity index is 813. The first-order valence-corrected chi connectivity index (χ1v) is 10.4. The highest BCUT2D eigenvalue weighted by Gasteiger charge is 2.48. The van der Waals surface area contributed by atoms with Crippen LogP contribution in [0.5, 0.6) is 0 Å². The van der Waals surface area contributed by atoms with Crippen molar-refractivity contribution in [2.45, 2.75) is 43.5 Å². The van der Waals surface area contributed by atoms with E-state index in [0.29, 0.717) is 38.8 Å². The molecule has 0 saturated carbocycles. The first kappa shape index (κ1) is 19.6. The third-order valence-corrected chi connectivity index (χ3v) is 6.79. The maximum Gasteiger partial charge on any atom is 0.407 e. The highest BCUT2D eigenvalue weighted by atomic mass is 32.2. The second-order valence-corrected chi connectivity index (χ2v) is 8.92. The van der Waals surface area contributed by atoms with Crippen LogP contribution in [0, 0.1) is 12.3 Å². The molecule has 0 aliphatic carbocycles. The summed E-state index contributed by atoms with van der Waals surface area (Å²) < 4.78 is 29.5. The summed E-state index contributed by atoms with van der Waals surface area (Å²) in [6, 6.07) is 6.27. The Labute approximate surface area is 158 Å². The Morgan fingerprint density at radius 1 is 1.30 bits per heavy atom. The van der Waals surface area contributed by atoms with E-state index in [2.05, 4.69) is 5.32 Å². The van der Waals surface area contributed by atoms with Crippen molar-refractivity contribution in [3.05, 3.63) is 29.8 Å². The summed E-state index contributed by atoms with van der Waals surface area (Å²) >= 11 is 0. The van der Waals surface area contributed by atoms with E-state index in [1.807, 2.05) is 6.92 Å². The smallest absolute Gasteiger partial charge is 0.407 e. The topological polar surface area (TPSA) is 113 Å². The zero-order chi connectivity index (χ0) is 19.7. The molecule has 1 aromatic rings. The van der Waals surface area contributed by atoms with E-state index in [0.717, 1.165) is 5.56 Å². The van der Waals surface area contributed by atoms with Gasteiger partial charge in [-0.3, -0.25) is 8.98 Å². The summed E-state index contributed by atoms with van der Waals surface area (Å²) in [6.07, 6.45) is 0.984. The Morgan fingerprint density at radius 3 is 2.52 bits per heavy atom. The van der Waals surface area contributed by atoms with Crippen molar-refractivity contribution in [1.29, 1.82) is 0 Å². The molecule has 2 fully saturated rings. The van der Waals surface area contributed by atoms with Gasteiger partial charge in [-0.05, 0) is 44.7 Å². The molecule has 2 aliphatic heterocycles. The number of nitrogens with one attached hydrogen (secondary N) is 1. The zero-order valence-electron chi connectivity index (χ0n) is 15.2. The average molecular weight is 396 g/mol. The maximum atomic E-state index is 12.4. The zero-order valence-corrected chi connectivity index (χ0v) is 16.0. The Kier molecular flexibility index (Phi) is 5.43. The number of aryl methyl sites for hydroxylation is 1. The van der Waals surface area contributed by atoms with E-state index in [4.69, 9.17) is 9.29 Å². The monoisotopic (exact) mass is 396 g/mol. The number of amides is 2. The molecular weight excluding hydrogens is 372 g/mol. The van der Waals surface area contributed by atoms with E-state index in [9.17, 15) is 18.0 Å². The third kappa shape index (κ3) is 4.24. The second kappa shape index (κ2) is 7.47. The van der Waals surface area contributed by atoms with E-state index in [1.165, 1.54) is 17.0 Å². The summed E-state index contributed by atoms with van der Waals surface area (Å²) in [6.45, 7) is 2.54. The number of likely N-dealkylation sites (tertiary alicyclic amines) is 1. The number of nitrogens with zero attached hydrogens (tertiary/aromatic N) is 1. The van der Waals surface area contributed by atoms with Crippen LogP contribution in [-0.2, 0) is 19.1 Å². The molecule has 2 aliphatic rings. The van der Waals surface area contributed by atoms with Gasteiger partial charge in [-0.2, -0.15) is 8.42 Å². The molecule has 3 rings (SSSR count). The summed E-state index contributed by atoms with van der Waals surface area (Å²) in [7, 11) is -3.82. The molecule has 2 saturated heterocycles. The van der Waals surface area contributed by atoms with Crippen LogP contribution in [0.15, 0.2) is 29.2 Å². The Hall–Kier alpha value is -2.13. The maximum absolute atomic E-state index is 12.4. The quantitative estimate of drug-likeness (QED) is 0.733. The Morgan fingerprint density at radius 2 is 1.93 bits per heavy atom. The van der Waals surface area contributed by atoms with Gasteiger partial charge in [0.2, 0.25) is 5.91 Å². The van der Waals surface area contributed by atoms with E-state index >= 15 is 0 Å². The lowest BCUT2D eigenvalue weighted by Gasteiger charge is -2.36. The predicted octanol–water partition coefficient (Wildman–Crippen LogP) is 1.74. The van der Waals surface area contributed by atoms with Gasteiger partial charge in [-0.15, -0.1) is 0 Å². The fourth-order valence-corrected chi connectivity index (χ4v) is 4.68. The number of piperidine rings is 1. The van der Waals surface area contributed by atoms with E-state index in [1.54, 1.807) is 12.1 Å². The number of benzene rings is 1. The van der Waals surface area contributed by atoms with Crippen LogP contribution in [0.2, 0.25) is 0 Å². The largest absolute Gasteiger partial charge is 0.465 e. The van der Waals surface area contributed by atoms with Crippen molar-refractivity contribution in [2.24, 2.45) is 5.41 Å². The summed E-state index contributed by atoms with van der Waals surface area (Å²) in [5, 5.41) is 12.0. The summed E-state index contributed by atoms with van der Waals surface area (Å²) in [5.74, 6) is -0.0704. The molecule has 2 N–H and O–H groups in total. The third-order valence-electron chi connectivity index (χ3n) is 5.46. The highest BCUT2D eigenvalue weighted by Crippen LogP contribution is 2.41. The molecule has 9 heteroatoms. The number of carbonyl (C=O) groups excluding carboxylic acids is 1. The molecule has 2 amide bonds. The van der Waals surface area contributed by atoms with Crippen molar-refractivity contribution in [2.75, 3.05) is 19.7 Å². The molecule has 1 aromatic carbocycles. The van der Waals surface area contributed by atoms with Crippen LogP contribution in [-0.4, -0.2) is 56.2 Å². The number of hydrogen-bond donors (Lipinski definition) is 2. The van der Waals surface area contributed by atoms with Crippen molar-refractivity contribution >= 4 is 22.1 Å². The average Bonchev–Trinajstić information content (AvgIpc) is 2.91. The van der Waals surface area contributed by atoms with Crippen LogP contribution >= 0.6 is 0 Å². The lowest BCUT2D eigenvalue weighted by atomic mass is 9.76. The van der Waals surface area contributed by atoms with Gasteiger partial charge < -0.3 is 15.3 Å². The first-order valence-electron chi connectivity index (χ1n) is 8.97. The van der Waals surface area contributed by atoms with Gasteiger partial charge in [0.15, 0.2) is 0 Å². The number of carboxylic acid groups (broad SMARTS) is 1. The SMILES string of the molecule is Cc1ccc(S(=O)(=O)OCC[C@@H]2CC3(CCN(C(=O)O)CC3)C(=O)N2)cc1. The van der Waals surface area contributed by atoms with Gasteiger partial charge in [0, 0.05) is 19.1 Å². The standard InChI is InChI=1S/C18H24N2O6S/c1-13-2-4-15(5-3-13)27(24,25)26-11-6-14-12-18(16(21)19-14)7-9-20(10-8-18)17(22)23/h2-5,14H,6-12H2,1H3,(H,19,21)(H,22,23)/t14-/m1/s1. The highest BCUT2D eigenvalue weighted by molar-refractivity contribution is 7.86. The molecule has 0 unspecified atom stereocenters. The minimum absolute atomic E-state index is 0.0154. The lowest BCUT2D eigenvalue weighted by molar-refractivity contribution is -0.129. The van der Waals surface area contributed by atoms with Gasteiger partial charge in [0.1, 0.15) is 0 Å². The fourth-order valence-electron chi connectivity index (χ4n) is 3.76. The summed E-state index contributed by atoms with van der Waals surface area (Å²) in [4.78, 5) is 24.9. The molecule has 1 spiro atoms. The van der Waals surface area contributed by atoms with Gasteiger partial charge in [0.25, 0.3) is 10.1 Å². The van der Waals surface area contributed by atoms with Gasteiger partial charge >= 0.3 is 6.09 Å². The first-order chi connectivity index (χ1) is 12.7. The predicted molar refractivity (Wildman–Crippen MR) is 96.7 cm³/mol. The number of carbonyl (C=O) groups is 2. The molecule has 0 radical (unpaired) electrons. The van der Waals surface area contributed by atoms with E-state index in [-0.39, 0.29) is 23.5 Å². The van der Waals surface area contributed by atoms with Gasteiger partial charge in [-0.1, -0.05) is 17.7 Å². The van der Waals surface area contributed by atoms with Gasteiger partial charge in [0.05, 0.1) is 16.9 Å². The molecule has 1 atom stereocenters. The van der Waals surface area contributed by atoms with Crippen LogP contribution in [0.25, 0.3) is 0 Å². The van der Waals surface area contributed by atoms with Crippen molar-refractivity contribution in [1.82, 2.24) is 10.2 Å². The van der Waals surface area contributed by atoms with Crippen molar-refractivity contribution in [3.8, 4) is 0 Å². The van der Waals surface area contributed by atoms with Gasteiger partial charge in [-0.25, -0.2) is 4.79 Å². The Balaban J connectivity index is 1.52. The molecule has 27 heavy (non-hydrogen) atoms. The van der Waals surface area contributed by atoms with E-state index < -0.39 is 21.6 Å².